The lowest BCUT2D eigenvalue weighted by Crippen LogP contribution is -2.51. The molecule has 0 fully saturated rings. The molecule has 0 unspecified atom stereocenters. The second kappa shape index (κ2) is 6.02. The SMILES string of the molecule is CN1C(=O)[C@]2(C[C@@](C)(Cc3ccc(F)cc3)Oc3cnc(Br)cc32)N=C1N. The molecule has 2 N–H and O–H groups in total. The van der Waals surface area contributed by atoms with Gasteiger partial charge < -0.3 is 10.5 Å². The van der Waals surface area contributed by atoms with Gasteiger partial charge in [0.1, 0.15) is 21.8 Å². The van der Waals surface area contributed by atoms with Crippen LogP contribution in [0.5, 0.6) is 5.75 Å². The maximum atomic E-state index is 13.2. The van der Waals surface area contributed by atoms with Crippen LogP contribution < -0.4 is 10.5 Å². The number of likely N-dealkylation sites (N-methyl/N-ethyl adjacent to an activating group) is 1. The van der Waals surface area contributed by atoms with Gasteiger partial charge in [-0.2, -0.15) is 0 Å². The molecule has 0 radical (unpaired) electrons. The highest BCUT2D eigenvalue weighted by molar-refractivity contribution is 9.10. The van der Waals surface area contributed by atoms with Crippen molar-refractivity contribution in [1.82, 2.24) is 9.88 Å². The summed E-state index contributed by atoms with van der Waals surface area (Å²) >= 11 is 3.35. The summed E-state index contributed by atoms with van der Waals surface area (Å²) in [6.07, 6.45) is 2.38. The van der Waals surface area contributed by atoms with Crippen LogP contribution in [0, 0.1) is 5.82 Å². The van der Waals surface area contributed by atoms with Gasteiger partial charge in [0.15, 0.2) is 11.5 Å². The number of aromatic nitrogens is 1. The molecule has 2 aliphatic heterocycles. The number of benzene rings is 1. The number of guanidine groups is 1. The van der Waals surface area contributed by atoms with Gasteiger partial charge in [0, 0.05) is 25.5 Å². The number of hydrogen-bond acceptors (Lipinski definition) is 5. The van der Waals surface area contributed by atoms with Crippen LogP contribution in [0.15, 0.2) is 46.1 Å². The molecule has 2 atom stereocenters. The van der Waals surface area contributed by atoms with Crippen molar-refractivity contribution in [2.45, 2.75) is 30.9 Å². The Hall–Kier alpha value is -2.48. The fourth-order valence-electron chi connectivity index (χ4n) is 3.88. The number of carbonyl (C=O) groups excluding carboxylic acids is 1. The van der Waals surface area contributed by atoms with Crippen molar-refractivity contribution < 1.29 is 13.9 Å². The van der Waals surface area contributed by atoms with Crippen LogP contribution in [0.1, 0.15) is 24.5 Å². The second-order valence-corrected chi connectivity index (χ2v) is 8.04. The molecule has 3 heterocycles. The standard InChI is InChI=1S/C19H18BrFN4O2/c1-18(8-11-3-5-12(21)6-4-11)10-19(16(26)25(2)17(22)24-19)13-7-15(20)23-9-14(13)27-18/h3-7,9H,8,10H2,1-2H3,(H2,22,24)/t18-,19-/m1/s1. The number of hydrogen-bond donors (Lipinski definition) is 1. The molecule has 1 aromatic heterocycles. The molecule has 0 saturated carbocycles. The van der Waals surface area contributed by atoms with E-state index in [4.69, 9.17) is 10.5 Å². The molecule has 0 bridgehead atoms. The molecule has 2 aliphatic rings. The molecule has 1 amide bonds. The Morgan fingerprint density at radius 2 is 2.07 bits per heavy atom. The first-order valence-electron chi connectivity index (χ1n) is 8.45. The summed E-state index contributed by atoms with van der Waals surface area (Å²) in [6.45, 7) is 1.92. The molecule has 1 spiro atoms. The number of nitrogens with zero attached hydrogens (tertiary/aromatic N) is 3. The first-order valence-corrected chi connectivity index (χ1v) is 9.25. The van der Waals surface area contributed by atoms with E-state index >= 15 is 0 Å². The molecule has 4 rings (SSSR count). The van der Waals surface area contributed by atoms with E-state index < -0.39 is 11.1 Å². The largest absolute Gasteiger partial charge is 0.485 e. The Balaban J connectivity index is 1.81. The van der Waals surface area contributed by atoms with E-state index in [1.165, 1.54) is 17.0 Å². The normalized spacial score (nSPS) is 26.7. The number of rotatable bonds is 2. The van der Waals surface area contributed by atoms with Gasteiger partial charge in [-0.3, -0.25) is 9.69 Å². The minimum atomic E-state index is -1.16. The smallest absolute Gasteiger partial charge is 0.261 e. The number of halogens is 2. The molecular formula is C19H18BrFN4O2. The summed E-state index contributed by atoms with van der Waals surface area (Å²) in [5.74, 6) is 0.168. The number of carbonyl (C=O) groups is 1. The Kier molecular flexibility index (Phi) is 3.99. The quantitative estimate of drug-likeness (QED) is 0.739. The summed E-state index contributed by atoms with van der Waals surface area (Å²) in [7, 11) is 1.61. The van der Waals surface area contributed by atoms with Crippen LogP contribution >= 0.6 is 15.9 Å². The zero-order chi connectivity index (χ0) is 19.4. The van der Waals surface area contributed by atoms with E-state index in [-0.39, 0.29) is 17.7 Å². The van der Waals surface area contributed by atoms with Crippen molar-refractivity contribution in [3.05, 3.63) is 58.1 Å². The van der Waals surface area contributed by atoms with Gasteiger partial charge in [-0.15, -0.1) is 0 Å². The predicted molar refractivity (Wildman–Crippen MR) is 102 cm³/mol. The molecule has 2 aromatic rings. The lowest BCUT2D eigenvalue weighted by molar-refractivity contribution is -0.133. The van der Waals surface area contributed by atoms with Gasteiger partial charge in [-0.05, 0) is 46.6 Å². The van der Waals surface area contributed by atoms with Crippen LogP contribution in [0.3, 0.4) is 0 Å². The zero-order valence-corrected chi connectivity index (χ0v) is 16.5. The summed E-state index contributed by atoms with van der Waals surface area (Å²) < 4.78 is 20.1. The molecule has 1 aromatic carbocycles. The number of nitrogens with two attached hydrogens (primary N) is 1. The minimum Gasteiger partial charge on any atom is -0.485 e. The third kappa shape index (κ3) is 2.88. The van der Waals surface area contributed by atoms with Crippen LogP contribution in [-0.2, 0) is 16.8 Å². The molecule has 6 nitrogen and oxygen atoms in total. The highest BCUT2D eigenvalue weighted by Crippen LogP contribution is 2.50. The molecule has 27 heavy (non-hydrogen) atoms. The van der Waals surface area contributed by atoms with E-state index in [2.05, 4.69) is 25.9 Å². The third-order valence-corrected chi connectivity index (χ3v) is 5.50. The summed E-state index contributed by atoms with van der Waals surface area (Å²) in [6, 6.07) is 8.00. The Labute approximate surface area is 164 Å². The van der Waals surface area contributed by atoms with E-state index in [1.54, 1.807) is 31.4 Å². The molecule has 8 heteroatoms. The van der Waals surface area contributed by atoms with Gasteiger partial charge in [-0.1, -0.05) is 12.1 Å². The van der Waals surface area contributed by atoms with Gasteiger partial charge in [0.25, 0.3) is 5.91 Å². The number of fused-ring (bicyclic) bond motifs is 2. The maximum Gasteiger partial charge on any atom is 0.261 e. The summed E-state index contributed by atoms with van der Waals surface area (Å²) in [4.78, 5) is 23.3. The molecule has 0 saturated heterocycles. The minimum absolute atomic E-state index is 0.171. The van der Waals surface area contributed by atoms with Gasteiger partial charge >= 0.3 is 0 Å². The average Bonchev–Trinajstić information content (AvgIpc) is 2.82. The molecular weight excluding hydrogens is 415 g/mol. The van der Waals surface area contributed by atoms with Crippen LogP contribution in [0.4, 0.5) is 4.39 Å². The van der Waals surface area contributed by atoms with Crippen molar-refractivity contribution in [2.75, 3.05) is 7.05 Å². The molecule has 0 aliphatic carbocycles. The van der Waals surface area contributed by atoms with Gasteiger partial charge in [0.05, 0.1) is 6.20 Å². The van der Waals surface area contributed by atoms with Crippen molar-refractivity contribution >= 4 is 27.8 Å². The van der Waals surface area contributed by atoms with Crippen molar-refractivity contribution in [2.24, 2.45) is 10.7 Å². The molecule has 140 valence electrons. The van der Waals surface area contributed by atoms with E-state index in [0.29, 0.717) is 28.8 Å². The number of pyridine rings is 1. The van der Waals surface area contributed by atoms with Crippen molar-refractivity contribution in [3.63, 3.8) is 0 Å². The van der Waals surface area contributed by atoms with Gasteiger partial charge in [-0.25, -0.2) is 14.4 Å². The first kappa shape index (κ1) is 17.9. The van der Waals surface area contributed by atoms with Crippen LogP contribution in [0.25, 0.3) is 0 Å². The van der Waals surface area contributed by atoms with Crippen molar-refractivity contribution in [1.29, 1.82) is 0 Å². The predicted octanol–water partition coefficient (Wildman–Crippen LogP) is 2.75. The lowest BCUT2D eigenvalue weighted by Gasteiger charge is -2.43. The Bertz CT molecular complexity index is 965. The van der Waals surface area contributed by atoms with Crippen LogP contribution in [-0.4, -0.2) is 34.4 Å². The average molecular weight is 433 g/mol. The van der Waals surface area contributed by atoms with E-state index in [9.17, 15) is 9.18 Å². The van der Waals surface area contributed by atoms with Crippen LogP contribution in [0.2, 0.25) is 0 Å². The number of amides is 1. The Morgan fingerprint density at radius 3 is 2.70 bits per heavy atom. The van der Waals surface area contributed by atoms with Gasteiger partial charge in [0.2, 0.25) is 0 Å². The fraction of sp³-hybridized carbons (Fsp3) is 0.316. The Morgan fingerprint density at radius 1 is 1.37 bits per heavy atom. The highest BCUT2D eigenvalue weighted by Gasteiger charge is 2.56. The monoisotopic (exact) mass is 432 g/mol. The number of aliphatic imine (C=N–C) groups is 1. The van der Waals surface area contributed by atoms with E-state index in [0.717, 1.165) is 5.56 Å². The lowest BCUT2D eigenvalue weighted by atomic mass is 9.75. The summed E-state index contributed by atoms with van der Waals surface area (Å²) in [5.41, 5.74) is 5.61. The number of ether oxygens (including phenoxy) is 1. The zero-order valence-electron chi connectivity index (χ0n) is 14.9. The topological polar surface area (TPSA) is 80.8 Å². The third-order valence-electron chi connectivity index (χ3n) is 5.06. The highest BCUT2D eigenvalue weighted by atomic mass is 79.9. The summed E-state index contributed by atoms with van der Waals surface area (Å²) in [5, 5.41) is 0. The van der Waals surface area contributed by atoms with E-state index in [1.807, 2.05) is 6.92 Å². The first-order chi connectivity index (χ1) is 12.7. The fourth-order valence-corrected chi connectivity index (χ4v) is 4.21. The van der Waals surface area contributed by atoms with Crippen molar-refractivity contribution in [3.8, 4) is 5.75 Å². The second-order valence-electron chi connectivity index (χ2n) is 7.23. The maximum absolute atomic E-state index is 13.2.